The van der Waals surface area contributed by atoms with E-state index in [0.717, 1.165) is 35.8 Å². The molecule has 1 aliphatic rings. The number of carbonyl (C=O) groups is 1. The Hall–Kier alpha value is -2.08. The second kappa shape index (κ2) is 7.87. The maximum Gasteiger partial charge on any atom is 0.224 e. The van der Waals surface area contributed by atoms with Crippen LogP contribution in [-0.2, 0) is 18.3 Å². The van der Waals surface area contributed by atoms with E-state index < -0.39 is 0 Å². The van der Waals surface area contributed by atoms with Gasteiger partial charge in [-0.25, -0.2) is 0 Å². The molecule has 3 rings (SSSR count). The molecule has 1 aliphatic heterocycles. The molecule has 3 heterocycles. The first kappa shape index (κ1) is 17.7. The van der Waals surface area contributed by atoms with Gasteiger partial charge in [0.25, 0.3) is 0 Å². The van der Waals surface area contributed by atoms with E-state index in [0.29, 0.717) is 13.0 Å². The van der Waals surface area contributed by atoms with Gasteiger partial charge in [0.2, 0.25) is 5.91 Å². The quantitative estimate of drug-likeness (QED) is 0.875. The molecule has 0 radical (unpaired) electrons. The fourth-order valence-electron chi connectivity index (χ4n) is 3.63. The minimum absolute atomic E-state index is 0.0350. The third-order valence-corrected chi connectivity index (χ3v) is 5.19. The molecule has 25 heavy (non-hydrogen) atoms. The Morgan fingerprint density at radius 2 is 2.08 bits per heavy atom. The van der Waals surface area contributed by atoms with Gasteiger partial charge in [-0.3, -0.25) is 14.4 Å². The molecule has 0 saturated carbocycles. The number of aromatic nitrogens is 2. The third kappa shape index (κ3) is 4.12. The van der Waals surface area contributed by atoms with E-state index in [9.17, 15) is 4.79 Å². The fraction of sp³-hybridized carbons (Fsp3) is 0.579. The molecule has 0 spiro atoms. The first-order valence-electron chi connectivity index (χ1n) is 9.09. The lowest BCUT2D eigenvalue weighted by molar-refractivity contribution is -0.120. The van der Waals surface area contributed by atoms with Crippen molar-refractivity contribution in [3.05, 3.63) is 41.1 Å². The highest BCUT2D eigenvalue weighted by atomic mass is 16.3. The second-order valence-corrected chi connectivity index (χ2v) is 6.88. The van der Waals surface area contributed by atoms with Crippen LogP contribution in [0.4, 0.5) is 0 Å². The molecule has 2 aromatic heterocycles. The SMILES string of the molecule is Cc1nn(C)c(C)c1CC(=O)NCC(c1ccco1)N1CCCCC1. The number of likely N-dealkylation sites (tertiary alicyclic amines) is 1. The summed E-state index contributed by atoms with van der Waals surface area (Å²) in [7, 11) is 1.91. The number of aryl methyl sites for hydroxylation is 2. The zero-order valence-electron chi connectivity index (χ0n) is 15.4. The maximum atomic E-state index is 12.5. The fourth-order valence-corrected chi connectivity index (χ4v) is 3.63. The largest absolute Gasteiger partial charge is 0.468 e. The molecule has 2 aromatic rings. The summed E-state index contributed by atoms with van der Waals surface area (Å²) in [6.07, 6.45) is 5.78. The predicted molar refractivity (Wildman–Crippen MR) is 96.3 cm³/mol. The van der Waals surface area contributed by atoms with Crippen molar-refractivity contribution in [2.75, 3.05) is 19.6 Å². The van der Waals surface area contributed by atoms with Crippen molar-refractivity contribution >= 4 is 5.91 Å². The zero-order valence-corrected chi connectivity index (χ0v) is 15.4. The molecule has 0 aliphatic carbocycles. The highest BCUT2D eigenvalue weighted by Crippen LogP contribution is 2.24. The van der Waals surface area contributed by atoms with Crippen LogP contribution in [0.15, 0.2) is 22.8 Å². The summed E-state index contributed by atoms with van der Waals surface area (Å²) in [6, 6.07) is 4.02. The molecule has 0 aromatic carbocycles. The Kier molecular flexibility index (Phi) is 5.58. The third-order valence-electron chi connectivity index (χ3n) is 5.19. The minimum atomic E-state index is 0.0350. The van der Waals surface area contributed by atoms with Gasteiger partial charge in [0, 0.05) is 24.8 Å². The van der Waals surface area contributed by atoms with Gasteiger partial charge >= 0.3 is 0 Å². The number of hydrogen-bond donors (Lipinski definition) is 1. The van der Waals surface area contributed by atoms with Gasteiger partial charge in [0.15, 0.2) is 0 Å². The van der Waals surface area contributed by atoms with Crippen LogP contribution in [0, 0.1) is 13.8 Å². The number of nitrogens with one attached hydrogen (secondary N) is 1. The van der Waals surface area contributed by atoms with E-state index in [1.165, 1.54) is 19.3 Å². The normalized spacial score (nSPS) is 16.8. The summed E-state index contributed by atoms with van der Waals surface area (Å²) >= 11 is 0. The maximum absolute atomic E-state index is 12.5. The van der Waals surface area contributed by atoms with Crippen LogP contribution < -0.4 is 5.32 Å². The molecule has 0 bridgehead atoms. The molecule has 1 atom stereocenters. The van der Waals surface area contributed by atoms with Crippen LogP contribution in [-0.4, -0.2) is 40.2 Å². The van der Waals surface area contributed by atoms with Crippen molar-refractivity contribution in [2.45, 2.75) is 45.6 Å². The van der Waals surface area contributed by atoms with Gasteiger partial charge in [-0.05, 0) is 51.9 Å². The monoisotopic (exact) mass is 344 g/mol. The Balaban J connectivity index is 1.63. The highest BCUT2D eigenvalue weighted by molar-refractivity contribution is 5.79. The molecule has 6 nitrogen and oxygen atoms in total. The summed E-state index contributed by atoms with van der Waals surface area (Å²) in [5.74, 6) is 0.962. The van der Waals surface area contributed by atoms with Crippen molar-refractivity contribution in [3.63, 3.8) is 0 Å². The van der Waals surface area contributed by atoms with Crippen LogP contribution in [0.2, 0.25) is 0 Å². The minimum Gasteiger partial charge on any atom is -0.468 e. The Labute approximate surface area is 149 Å². The van der Waals surface area contributed by atoms with Crippen LogP contribution in [0.5, 0.6) is 0 Å². The number of hydrogen-bond acceptors (Lipinski definition) is 4. The van der Waals surface area contributed by atoms with E-state index in [4.69, 9.17) is 4.42 Å². The summed E-state index contributed by atoms with van der Waals surface area (Å²) in [5.41, 5.74) is 2.99. The van der Waals surface area contributed by atoms with E-state index in [2.05, 4.69) is 15.3 Å². The molecule has 1 amide bonds. The second-order valence-electron chi connectivity index (χ2n) is 6.88. The van der Waals surface area contributed by atoms with Crippen LogP contribution in [0.1, 0.15) is 48.0 Å². The van der Waals surface area contributed by atoms with Crippen molar-refractivity contribution in [1.29, 1.82) is 0 Å². The van der Waals surface area contributed by atoms with Crippen LogP contribution in [0.25, 0.3) is 0 Å². The molecule has 6 heteroatoms. The lowest BCUT2D eigenvalue weighted by Gasteiger charge is -2.33. The van der Waals surface area contributed by atoms with Gasteiger partial charge in [-0.1, -0.05) is 6.42 Å². The highest BCUT2D eigenvalue weighted by Gasteiger charge is 2.25. The number of carbonyl (C=O) groups excluding carboxylic acids is 1. The molecule has 1 fully saturated rings. The zero-order chi connectivity index (χ0) is 17.8. The van der Waals surface area contributed by atoms with Gasteiger partial charge in [-0.2, -0.15) is 5.10 Å². The summed E-state index contributed by atoms with van der Waals surface area (Å²) in [6.45, 7) is 6.64. The van der Waals surface area contributed by atoms with Crippen molar-refractivity contribution in [1.82, 2.24) is 20.0 Å². The van der Waals surface area contributed by atoms with E-state index >= 15 is 0 Å². The molecular formula is C19H28N4O2. The van der Waals surface area contributed by atoms with Crippen molar-refractivity contribution < 1.29 is 9.21 Å². The number of nitrogens with zero attached hydrogens (tertiary/aromatic N) is 3. The number of piperidine rings is 1. The van der Waals surface area contributed by atoms with Gasteiger partial charge in [0.1, 0.15) is 5.76 Å². The number of furan rings is 1. The standard InChI is InChI=1S/C19H28N4O2/c1-14-16(15(2)22(3)21-14)12-19(24)20-13-17(18-8-7-11-25-18)23-9-5-4-6-10-23/h7-8,11,17H,4-6,9-10,12-13H2,1-3H3,(H,20,24). The number of amides is 1. The molecular weight excluding hydrogens is 316 g/mol. The lowest BCUT2D eigenvalue weighted by atomic mass is 10.1. The number of rotatable bonds is 6. The Morgan fingerprint density at radius 1 is 1.32 bits per heavy atom. The van der Waals surface area contributed by atoms with E-state index in [1.54, 1.807) is 6.26 Å². The molecule has 136 valence electrons. The first-order valence-corrected chi connectivity index (χ1v) is 9.09. The average molecular weight is 344 g/mol. The van der Waals surface area contributed by atoms with Crippen LogP contribution in [0.3, 0.4) is 0 Å². The molecule has 1 unspecified atom stereocenters. The predicted octanol–water partition coefficient (Wildman–Crippen LogP) is 2.52. The van der Waals surface area contributed by atoms with E-state index in [1.807, 2.05) is 37.7 Å². The summed E-state index contributed by atoms with van der Waals surface area (Å²) in [4.78, 5) is 14.9. The molecule has 1 N–H and O–H groups in total. The average Bonchev–Trinajstić information content (AvgIpc) is 3.21. The Morgan fingerprint density at radius 3 is 2.68 bits per heavy atom. The van der Waals surface area contributed by atoms with Gasteiger partial charge in [0.05, 0.1) is 24.4 Å². The van der Waals surface area contributed by atoms with Crippen molar-refractivity contribution in [2.24, 2.45) is 7.05 Å². The van der Waals surface area contributed by atoms with E-state index in [-0.39, 0.29) is 11.9 Å². The lowest BCUT2D eigenvalue weighted by Crippen LogP contribution is -2.40. The summed E-state index contributed by atoms with van der Waals surface area (Å²) in [5, 5.41) is 7.49. The van der Waals surface area contributed by atoms with Gasteiger partial charge < -0.3 is 9.73 Å². The summed E-state index contributed by atoms with van der Waals surface area (Å²) < 4.78 is 7.47. The van der Waals surface area contributed by atoms with Gasteiger partial charge in [-0.15, -0.1) is 0 Å². The smallest absolute Gasteiger partial charge is 0.224 e. The first-order chi connectivity index (χ1) is 12.1. The Bertz CT molecular complexity index is 699. The topological polar surface area (TPSA) is 63.3 Å². The molecule has 1 saturated heterocycles. The van der Waals surface area contributed by atoms with Crippen LogP contribution >= 0.6 is 0 Å². The van der Waals surface area contributed by atoms with Crippen molar-refractivity contribution in [3.8, 4) is 0 Å².